The van der Waals surface area contributed by atoms with Gasteiger partial charge in [0.2, 0.25) is 0 Å². The molecule has 0 aromatic rings. The van der Waals surface area contributed by atoms with E-state index in [0.717, 1.165) is 12.8 Å². The Hall–Kier alpha value is -0.730. The molecule has 0 saturated heterocycles. The molecule has 0 spiro atoms. The van der Waals surface area contributed by atoms with Gasteiger partial charge in [-0.3, -0.25) is 0 Å². The summed E-state index contributed by atoms with van der Waals surface area (Å²) in [5.41, 5.74) is 5.42. The first-order valence-corrected chi connectivity index (χ1v) is 4.70. The van der Waals surface area contributed by atoms with Crippen LogP contribution in [0.4, 0.5) is 0 Å². The normalized spacial score (nSPS) is 14.7. The summed E-state index contributed by atoms with van der Waals surface area (Å²) >= 11 is 0. The van der Waals surface area contributed by atoms with E-state index in [4.69, 9.17) is 10.9 Å². The van der Waals surface area contributed by atoms with Crippen LogP contribution in [-0.2, 0) is 0 Å². The fraction of sp³-hybridized carbons (Fsp3) is 0.889. The Kier molecular flexibility index (Phi) is 6.53. The fourth-order valence-electron chi connectivity index (χ4n) is 1.28. The molecule has 0 saturated carbocycles. The van der Waals surface area contributed by atoms with Gasteiger partial charge in [-0.05, 0) is 5.92 Å². The summed E-state index contributed by atoms with van der Waals surface area (Å²) < 4.78 is 0. The third-order valence-electron chi connectivity index (χ3n) is 2.17. The van der Waals surface area contributed by atoms with Crippen LogP contribution in [0.3, 0.4) is 0 Å². The van der Waals surface area contributed by atoms with Gasteiger partial charge in [0.15, 0.2) is 0 Å². The molecule has 0 aromatic heterocycles. The van der Waals surface area contributed by atoms with E-state index in [1.165, 1.54) is 19.3 Å². The van der Waals surface area contributed by atoms with Crippen LogP contribution in [0.2, 0.25) is 0 Å². The SMILES string of the molecule is CCCCC(CC)CC(N)=NO. The van der Waals surface area contributed by atoms with Crippen LogP contribution in [0.5, 0.6) is 0 Å². The molecular weight excluding hydrogens is 152 g/mol. The number of unbranched alkanes of at least 4 members (excludes halogenated alkanes) is 1. The molecule has 0 aliphatic heterocycles. The molecule has 12 heavy (non-hydrogen) atoms. The predicted molar refractivity (Wildman–Crippen MR) is 51.3 cm³/mol. The predicted octanol–water partition coefficient (Wildman–Crippen LogP) is 2.34. The zero-order chi connectivity index (χ0) is 9.40. The first-order chi connectivity index (χ1) is 5.74. The Morgan fingerprint density at radius 1 is 1.50 bits per heavy atom. The van der Waals surface area contributed by atoms with Crippen LogP contribution < -0.4 is 5.73 Å². The molecule has 0 amide bonds. The van der Waals surface area contributed by atoms with E-state index >= 15 is 0 Å². The first-order valence-electron chi connectivity index (χ1n) is 4.70. The van der Waals surface area contributed by atoms with E-state index in [-0.39, 0.29) is 0 Å². The Balaban J connectivity index is 3.67. The van der Waals surface area contributed by atoms with Gasteiger partial charge < -0.3 is 10.9 Å². The first kappa shape index (κ1) is 11.3. The summed E-state index contributed by atoms with van der Waals surface area (Å²) in [5, 5.41) is 11.3. The second kappa shape index (κ2) is 6.95. The molecular formula is C9H20N2O. The third-order valence-corrected chi connectivity index (χ3v) is 2.17. The third kappa shape index (κ3) is 4.99. The van der Waals surface area contributed by atoms with E-state index < -0.39 is 0 Å². The van der Waals surface area contributed by atoms with Gasteiger partial charge in [-0.1, -0.05) is 44.7 Å². The van der Waals surface area contributed by atoms with E-state index in [2.05, 4.69) is 19.0 Å². The van der Waals surface area contributed by atoms with E-state index in [1.807, 2.05) is 0 Å². The molecule has 0 radical (unpaired) electrons. The maximum Gasteiger partial charge on any atom is 0.139 e. The topological polar surface area (TPSA) is 58.6 Å². The Bertz CT molecular complexity index is 134. The molecule has 1 unspecified atom stereocenters. The van der Waals surface area contributed by atoms with Crippen LogP contribution >= 0.6 is 0 Å². The number of hydrogen-bond acceptors (Lipinski definition) is 2. The lowest BCUT2D eigenvalue weighted by Crippen LogP contribution is -2.16. The number of nitrogens with two attached hydrogens (primary N) is 1. The van der Waals surface area contributed by atoms with Crippen molar-refractivity contribution in [2.75, 3.05) is 0 Å². The summed E-state index contributed by atoms with van der Waals surface area (Å²) in [6, 6.07) is 0. The molecule has 0 fully saturated rings. The van der Waals surface area contributed by atoms with Crippen LogP contribution in [0, 0.1) is 5.92 Å². The minimum atomic E-state index is 0.359. The summed E-state index contributed by atoms with van der Waals surface area (Å²) in [6.07, 6.45) is 5.47. The van der Waals surface area contributed by atoms with Gasteiger partial charge in [0.1, 0.15) is 5.84 Å². The lowest BCUT2D eigenvalue weighted by atomic mass is 9.95. The molecule has 0 heterocycles. The molecule has 3 nitrogen and oxygen atoms in total. The fourth-order valence-corrected chi connectivity index (χ4v) is 1.28. The van der Waals surface area contributed by atoms with Crippen LogP contribution in [-0.4, -0.2) is 11.0 Å². The summed E-state index contributed by atoms with van der Waals surface area (Å²) in [5.74, 6) is 0.943. The number of nitrogens with zero attached hydrogens (tertiary/aromatic N) is 1. The molecule has 0 aliphatic rings. The zero-order valence-corrected chi connectivity index (χ0v) is 8.08. The smallest absolute Gasteiger partial charge is 0.139 e. The quantitative estimate of drug-likeness (QED) is 0.279. The van der Waals surface area contributed by atoms with E-state index in [0.29, 0.717) is 11.8 Å². The average Bonchev–Trinajstić information content (AvgIpc) is 2.11. The lowest BCUT2D eigenvalue weighted by Gasteiger charge is -2.12. The van der Waals surface area contributed by atoms with Crippen LogP contribution in [0.15, 0.2) is 5.16 Å². The number of amidine groups is 1. The Labute approximate surface area is 74.6 Å². The van der Waals surface area contributed by atoms with Gasteiger partial charge in [0, 0.05) is 6.42 Å². The second-order valence-corrected chi connectivity index (χ2v) is 3.21. The Morgan fingerprint density at radius 2 is 2.17 bits per heavy atom. The molecule has 1 atom stereocenters. The van der Waals surface area contributed by atoms with Crippen molar-refractivity contribution in [3.05, 3.63) is 0 Å². The number of hydrogen-bond donors (Lipinski definition) is 2. The highest BCUT2D eigenvalue weighted by Crippen LogP contribution is 2.15. The Morgan fingerprint density at radius 3 is 2.58 bits per heavy atom. The largest absolute Gasteiger partial charge is 0.409 e. The minimum absolute atomic E-state index is 0.359. The van der Waals surface area contributed by atoms with Gasteiger partial charge in [-0.25, -0.2) is 0 Å². The number of oxime groups is 1. The highest BCUT2D eigenvalue weighted by molar-refractivity contribution is 5.79. The van der Waals surface area contributed by atoms with Gasteiger partial charge in [0.25, 0.3) is 0 Å². The second-order valence-electron chi connectivity index (χ2n) is 3.21. The maximum atomic E-state index is 8.37. The van der Waals surface area contributed by atoms with E-state index in [9.17, 15) is 0 Å². The molecule has 0 bridgehead atoms. The van der Waals surface area contributed by atoms with Crippen molar-refractivity contribution in [3.63, 3.8) is 0 Å². The van der Waals surface area contributed by atoms with Crippen molar-refractivity contribution >= 4 is 5.84 Å². The van der Waals surface area contributed by atoms with Crippen molar-refractivity contribution in [3.8, 4) is 0 Å². The molecule has 3 N–H and O–H groups in total. The van der Waals surface area contributed by atoms with E-state index in [1.54, 1.807) is 0 Å². The molecule has 3 heteroatoms. The molecule has 0 aliphatic carbocycles. The summed E-state index contributed by atoms with van der Waals surface area (Å²) in [4.78, 5) is 0. The highest BCUT2D eigenvalue weighted by atomic mass is 16.4. The number of rotatable bonds is 6. The molecule has 72 valence electrons. The van der Waals surface area contributed by atoms with Crippen molar-refractivity contribution in [1.29, 1.82) is 0 Å². The van der Waals surface area contributed by atoms with Crippen molar-refractivity contribution in [1.82, 2.24) is 0 Å². The van der Waals surface area contributed by atoms with Gasteiger partial charge in [0.05, 0.1) is 0 Å². The molecule has 0 aromatic carbocycles. The summed E-state index contributed by atoms with van der Waals surface area (Å²) in [6.45, 7) is 4.32. The zero-order valence-electron chi connectivity index (χ0n) is 8.08. The van der Waals surface area contributed by atoms with Gasteiger partial charge >= 0.3 is 0 Å². The average molecular weight is 172 g/mol. The molecule has 0 rings (SSSR count). The maximum absolute atomic E-state index is 8.37. The van der Waals surface area contributed by atoms with Crippen LogP contribution in [0.25, 0.3) is 0 Å². The van der Waals surface area contributed by atoms with Crippen molar-refractivity contribution < 1.29 is 5.21 Å². The lowest BCUT2D eigenvalue weighted by molar-refractivity contribution is 0.314. The standard InChI is InChI=1S/C9H20N2O/c1-3-5-6-8(4-2)7-9(10)11-12/h8,12H,3-7H2,1-2H3,(H2,10,11). The van der Waals surface area contributed by atoms with Crippen molar-refractivity contribution in [2.45, 2.75) is 46.0 Å². The summed E-state index contributed by atoms with van der Waals surface area (Å²) in [7, 11) is 0. The highest BCUT2D eigenvalue weighted by Gasteiger charge is 2.07. The monoisotopic (exact) mass is 172 g/mol. The van der Waals surface area contributed by atoms with Crippen molar-refractivity contribution in [2.24, 2.45) is 16.8 Å². The minimum Gasteiger partial charge on any atom is -0.409 e. The van der Waals surface area contributed by atoms with Gasteiger partial charge in [-0.2, -0.15) is 0 Å². The van der Waals surface area contributed by atoms with Crippen LogP contribution in [0.1, 0.15) is 46.0 Å². The van der Waals surface area contributed by atoms with Gasteiger partial charge in [-0.15, -0.1) is 0 Å².